The maximum absolute atomic E-state index is 11.4. The minimum atomic E-state index is -0.719. The van der Waals surface area contributed by atoms with Crippen LogP contribution in [0.5, 0.6) is 17.2 Å². The summed E-state index contributed by atoms with van der Waals surface area (Å²) in [6.45, 7) is 1.35. The van der Waals surface area contributed by atoms with Crippen LogP contribution in [0.1, 0.15) is 30.0 Å². The number of rotatable bonds is 7. The molecule has 1 aliphatic rings. The smallest absolute Gasteiger partial charge is 0.306 e. The summed E-state index contributed by atoms with van der Waals surface area (Å²) in [6.07, 6.45) is 1.22. The van der Waals surface area contributed by atoms with Crippen molar-refractivity contribution >= 4 is 21.9 Å². The first-order chi connectivity index (χ1) is 14.0. The van der Waals surface area contributed by atoms with Crippen LogP contribution >= 0.6 is 15.9 Å². The zero-order valence-electron chi connectivity index (χ0n) is 16.9. The second kappa shape index (κ2) is 9.50. The van der Waals surface area contributed by atoms with E-state index in [-0.39, 0.29) is 12.0 Å². The maximum Gasteiger partial charge on any atom is 0.306 e. The molecule has 3 rings (SSSR count). The first-order valence-corrected chi connectivity index (χ1v) is 10.3. The predicted octanol–water partition coefficient (Wildman–Crippen LogP) is 4.36. The third-order valence-corrected chi connectivity index (χ3v) is 5.96. The second-order valence-electron chi connectivity index (χ2n) is 7.05. The Morgan fingerprint density at radius 1 is 1.00 bits per heavy atom. The summed E-state index contributed by atoms with van der Waals surface area (Å²) in [5, 5.41) is 9.38. The third kappa shape index (κ3) is 4.67. The summed E-state index contributed by atoms with van der Waals surface area (Å²) in [6, 6.07) is 11.6. The summed E-state index contributed by atoms with van der Waals surface area (Å²) in [5.41, 5.74) is 1.98. The topological polar surface area (TPSA) is 68.2 Å². The van der Waals surface area contributed by atoms with E-state index in [1.807, 2.05) is 30.3 Å². The number of carbonyl (C=O) groups is 1. The van der Waals surface area contributed by atoms with Crippen molar-refractivity contribution in [2.45, 2.75) is 18.9 Å². The van der Waals surface area contributed by atoms with Gasteiger partial charge in [0.1, 0.15) is 17.2 Å². The number of hydrogen-bond donors (Lipinski definition) is 1. The molecule has 1 saturated heterocycles. The van der Waals surface area contributed by atoms with E-state index in [2.05, 4.69) is 26.9 Å². The fourth-order valence-corrected chi connectivity index (χ4v) is 4.31. The SMILES string of the molecule is COc1ccc(C(c2cc(Br)ccc2OC)N2CCC(C(=O)O)CC2)c(OC)c1. The van der Waals surface area contributed by atoms with Gasteiger partial charge >= 0.3 is 5.97 Å². The highest BCUT2D eigenvalue weighted by atomic mass is 79.9. The molecular formula is C22H26BrNO5. The van der Waals surface area contributed by atoms with Crippen molar-refractivity contribution in [2.75, 3.05) is 34.4 Å². The van der Waals surface area contributed by atoms with Gasteiger partial charge in [-0.15, -0.1) is 0 Å². The average molecular weight is 464 g/mol. The Hall–Kier alpha value is -2.25. The van der Waals surface area contributed by atoms with E-state index in [9.17, 15) is 9.90 Å². The zero-order valence-corrected chi connectivity index (χ0v) is 18.4. The highest BCUT2D eigenvalue weighted by molar-refractivity contribution is 9.10. The molecule has 0 bridgehead atoms. The molecule has 6 nitrogen and oxygen atoms in total. The summed E-state index contributed by atoms with van der Waals surface area (Å²) in [5.74, 6) is 1.20. The van der Waals surface area contributed by atoms with Gasteiger partial charge in [0.15, 0.2) is 0 Å². The number of benzene rings is 2. The quantitative estimate of drug-likeness (QED) is 0.657. The lowest BCUT2D eigenvalue weighted by atomic mass is 9.90. The fourth-order valence-electron chi connectivity index (χ4n) is 3.93. The number of carboxylic acids is 1. The molecule has 2 aromatic rings. The summed E-state index contributed by atoms with van der Waals surface area (Å²) < 4.78 is 17.7. The van der Waals surface area contributed by atoms with Crippen LogP contribution in [0, 0.1) is 5.92 Å². The van der Waals surface area contributed by atoms with E-state index in [0.29, 0.717) is 25.9 Å². The van der Waals surface area contributed by atoms with E-state index >= 15 is 0 Å². The highest BCUT2D eigenvalue weighted by Gasteiger charge is 2.33. The second-order valence-corrected chi connectivity index (χ2v) is 7.96. The van der Waals surface area contributed by atoms with Gasteiger partial charge in [0.25, 0.3) is 0 Å². The predicted molar refractivity (Wildman–Crippen MR) is 114 cm³/mol. The molecule has 1 aliphatic heterocycles. The van der Waals surface area contributed by atoms with Crippen molar-refractivity contribution in [3.63, 3.8) is 0 Å². The van der Waals surface area contributed by atoms with Gasteiger partial charge in [-0.2, -0.15) is 0 Å². The van der Waals surface area contributed by atoms with Crippen molar-refractivity contribution in [3.8, 4) is 17.2 Å². The number of hydrogen-bond acceptors (Lipinski definition) is 5. The van der Waals surface area contributed by atoms with Crippen LogP contribution in [-0.2, 0) is 4.79 Å². The lowest BCUT2D eigenvalue weighted by Gasteiger charge is -2.38. The Morgan fingerprint density at radius 2 is 1.69 bits per heavy atom. The average Bonchev–Trinajstić information content (AvgIpc) is 2.74. The van der Waals surface area contributed by atoms with Gasteiger partial charge in [-0.1, -0.05) is 15.9 Å². The molecule has 0 amide bonds. The molecule has 2 aromatic carbocycles. The van der Waals surface area contributed by atoms with Gasteiger partial charge in [-0.3, -0.25) is 9.69 Å². The van der Waals surface area contributed by atoms with Gasteiger partial charge in [0, 0.05) is 21.7 Å². The third-order valence-electron chi connectivity index (χ3n) is 5.47. The van der Waals surface area contributed by atoms with Crippen LogP contribution in [0.3, 0.4) is 0 Å². The minimum absolute atomic E-state index is 0.141. The van der Waals surface area contributed by atoms with Crippen LogP contribution in [0.2, 0.25) is 0 Å². The molecule has 29 heavy (non-hydrogen) atoms. The highest BCUT2D eigenvalue weighted by Crippen LogP contribution is 2.42. The summed E-state index contributed by atoms with van der Waals surface area (Å²) in [4.78, 5) is 13.7. The van der Waals surface area contributed by atoms with Gasteiger partial charge in [0.05, 0.1) is 33.3 Å². The lowest BCUT2D eigenvalue weighted by molar-refractivity contribution is -0.143. The number of carboxylic acid groups (broad SMARTS) is 1. The Kier molecular flexibility index (Phi) is 7.03. The van der Waals surface area contributed by atoms with Crippen molar-refractivity contribution in [1.29, 1.82) is 0 Å². The largest absolute Gasteiger partial charge is 0.497 e. The number of halogens is 1. The first-order valence-electron chi connectivity index (χ1n) is 9.50. The molecular weight excluding hydrogens is 438 g/mol. The number of ether oxygens (including phenoxy) is 3. The van der Waals surface area contributed by atoms with Gasteiger partial charge < -0.3 is 19.3 Å². The summed E-state index contributed by atoms with van der Waals surface area (Å²) in [7, 11) is 4.93. The van der Waals surface area contributed by atoms with E-state index in [4.69, 9.17) is 14.2 Å². The number of aliphatic carboxylic acids is 1. The molecule has 7 heteroatoms. The van der Waals surface area contributed by atoms with Crippen LogP contribution in [0.25, 0.3) is 0 Å². The Labute approximate surface area is 179 Å². The van der Waals surface area contributed by atoms with Gasteiger partial charge in [-0.05, 0) is 56.3 Å². The number of nitrogens with zero attached hydrogens (tertiary/aromatic N) is 1. The molecule has 0 aromatic heterocycles. The van der Waals surface area contributed by atoms with Crippen LogP contribution in [0.4, 0.5) is 0 Å². The molecule has 1 N–H and O–H groups in total. The minimum Gasteiger partial charge on any atom is -0.497 e. The molecule has 1 heterocycles. The monoisotopic (exact) mass is 463 g/mol. The Balaban J connectivity index is 2.08. The standard InChI is InChI=1S/C22H26BrNO5/c1-27-16-5-6-17(20(13-16)29-3)21(18-12-15(23)4-7-19(18)28-2)24-10-8-14(9-11-24)22(25)26/h4-7,12-14,21H,8-11H2,1-3H3,(H,25,26). The first kappa shape index (κ1) is 21.5. The molecule has 0 spiro atoms. The number of methoxy groups -OCH3 is 3. The van der Waals surface area contributed by atoms with Crippen molar-refractivity contribution in [3.05, 3.63) is 52.0 Å². The Bertz CT molecular complexity index is 864. The van der Waals surface area contributed by atoms with Gasteiger partial charge in [0.2, 0.25) is 0 Å². The van der Waals surface area contributed by atoms with Crippen molar-refractivity contribution < 1.29 is 24.1 Å². The van der Waals surface area contributed by atoms with E-state index in [0.717, 1.165) is 32.8 Å². The Morgan fingerprint density at radius 3 is 2.28 bits per heavy atom. The van der Waals surface area contributed by atoms with Gasteiger partial charge in [-0.25, -0.2) is 0 Å². The molecule has 156 valence electrons. The zero-order chi connectivity index (χ0) is 21.0. The van der Waals surface area contributed by atoms with Crippen LogP contribution in [-0.4, -0.2) is 50.4 Å². The van der Waals surface area contributed by atoms with E-state index < -0.39 is 5.97 Å². The number of piperidine rings is 1. The molecule has 1 atom stereocenters. The molecule has 1 fully saturated rings. The molecule has 0 saturated carbocycles. The normalized spacial score (nSPS) is 16.3. The van der Waals surface area contributed by atoms with Crippen LogP contribution in [0.15, 0.2) is 40.9 Å². The number of likely N-dealkylation sites (tertiary alicyclic amines) is 1. The van der Waals surface area contributed by atoms with E-state index in [1.54, 1.807) is 21.3 Å². The molecule has 1 unspecified atom stereocenters. The van der Waals surface area contributed by atoms with Crippen LogP contribution < -0.4 is 14.2 Å². The fraction of sp³-hybridized carbons (Fsp3) is 0.409. The summed E-state index contributed by atoms with van der Waals surface area (Å²) >= 11 is 3.57. The van der Waals surface area contributed by atoms with Crippen molar-refractivity contribution in [1.82, 2.24) is 4.90 Å². The van der Waals surface area contributed by atoms with E-state index in [1.165, 1.54) is 0 Å². The molecule has 0 aliphatic carbocycles. The maximum atomic E-state index is 11.4. The molecule has 0 radical (unpaired) electrons. The lowest BCUT2D eigenvalue weighted by Crippen LogP contribution is -2.39. The van der Waals surface area contributed by atoms with Crippen molar-refractivity contribution in [2.24, 2.45) is 5.92 Å².